The Kier molecular flexibility index (Phi) is 4.72. The summed E-state index contributed by atoms with van der Waals surface area (Å²) in [5.74, 6) is 0.426. The normalized spacial score (nSPS) is 18.3. The molecule has 0 bridgehead atoms. The highest BCUT2D eigenvalue weighted by Crippen LogP contribution is 2.24. The van der Waals surface area contributed by atoms with E-state index in [-0.39, 0.29) is 18.0 Å². The molecule has 0 radical (unpaired) electrons. The first-order valence-electron chi connectivity index (χ1n) is 6.42. The first-order valence-corrected chi connectivity index (χ1v) is 7.21. The van der Waals surface area contributed by atoms with Crippen LogP contribution in [0.1, 0.15) is 12.0 Å². The fourth-order valence-electron chi connectivity index (χ4n) is 2.32. The minimum atomic E-state index is -0.456. The molecule has 1 aromatic carbocycles. The average Bonchev–Trinajstić information content (AvgIpc) is 2.89. The van der Waals surface area contributed by atoms with Crippen molar-refractivity contribution >= 4 is 27.5 Å². The van der Waals surface area contributed by atoms with Gasteiger partial charge in [0.15, 0.2) is 0 Å². The van der Waals surface area contributed by atoms with Crippen molar-refractivity contribution in [2.75, 3.05) is 19.6 Å². The van der Waals surface area contributed by atoms with Crippen LogP contribution >= 0.6 is 15.9 Å². The van der Waals surface area contributed by atoms with Crippen molar-refractivity contribution in [3.8, 4) is 0 Å². The Labute approximate surface area is 125 Å². The maximum atomic E-state index is 12.2. The van der Waals surface area contributed by atoms with Crippen molar-refractivity contribution in [1.82, 2.24) is 4.90 Å². The topological polar surface area (TPSA) is 89.5 Å². The number of non-ortho nitro benzene ring substituents is 1. The number of amides is 1. The third-order valence-electron chi connectivity index (χ3n) is 3.56. The van der Waals surface area contributed by atoms with Crippen LogP contribution in [0.4, 0.5) is 5.69 Å². The van der Waals surface area contributed by atoms with E-state index < -0.39 is 4.92 Å². The van der Waals surface area contributed by atoms with Crippen LogP contribution in [-0.4, -0.2) is 35.4 Å². The Morgan fingerprint density at radius 3 is 2.85 bits per heavy atom. The van der Waals surface area contributed by atoms with E-state index in [2.05, 4.69) is 15.9 Å². The van der Waals surface area contributed by atoms with E-state index in [1.54, 1.807) is 6.07 Å². The van der Waals surface area contributed by atoms with Crippen molar-refractivity contribution in [3.05, 3.63) is 38.3 Å². The molecule has 20 heavy (non-hydrogen) atoms. The van der Waals surface area contributed by atoms with Crippen LogP contribution in [-0.2, 0) is 11.2 Å². The maximum absolute atomic E-state index is 12.2. The van der Waals surface area contributed by atoms with Crippen LogP contribution in [0.5, 0.6) is 0 Å². The predicted octanol–water partition coefficient (Wildman–Crippen LogP) is 1.71. The van der Waals surface area contributed by atoms with Crippen molar-refractivity contribution in [3.63, 3.8) is 0 Å². The minimum absolute atomic E-state index is 0.0115. The molecule has 1 unspecified atom stereocenters. The van der Waals surface area contributed by atoms with Crippen LogP contribution in [0.3, 0.4) is 0 Å². The molecule has 0 saturated carbocycles. The first-order chi connectivity index (χ1) is 9.51. The molecule has 1 fully saturated rings. The zero-order chi connectivity index (χ0) is 14.7. The Morgan fingerprint density at radius 1 is 1.55 bits per heavy atom. The molecule has 2 N–H and O–H groups in total. The average molecular weight is 342 g/mol. The molecule has 0 aromatic heterocycles. The summed E-state index contributed by atoms with van der Waals surface area (Å²) in [4.78, 5) is 24.2. The third-order valence-corrected chi connectivity index (χ3v) is 4.30. The quantitative estimate of drug-likeness (QED) is 0.666. The first kappa shape index (κ1) is 14.9. The van der Waals surface area contributed by atoms with Crippen molar-refractivity contribution in [2.45, 2.75) is 12.8 Å². The Balaban J connectivity index is 2.03. The van der Waals surface area contributed by atoms with Gasteiger partial charge in [0.25, 0.3) is 5.69 Å². The lowest BCUT2D eigenvalue weighted by atomic mass is 10.1. The molecular formula is C13H16BrN3O3. The summed E-state index contributed by atoms with van der Waals surface area (Å²) in [6.45, 7) is 2.05. The fraction of sp³-hybridized carbons (Fsp3) is 0.462. The van der Waals surface area contributed by atoms with Crippen LogP contribution in [0.25, 0.3) is 0 Å². The van der Waals surface area contributed by atoms with Gasteiger partial charge in [0.05, 0.1) is 11.3 Å². The number of nitro groups is 1. The maximum Gasteiger partial charge on any atom is 0.270 e. The monoisotopic (exact) mass is 341 g/mol. The van der Waals surface area contributed by atoms with Gasteiger partial charge in [-0.25, -0.2) is 0 Å². The van der Waals surface area contributed by atoms with Crippen LogP contribution in [0.15, 0.2) is 22.7 Å². The number of rotatable bonds is 4. The van der Waals surface area contributed by atoms with Gasteiger partial charge in [-0.3, -0.25) is 14.9 Å². The lowest BCUT2D eigenvalue weighted by molar-refractivity contribution is -0.384. The van der Waals surface area contributed by atoms with Gasteiger partial charge in [0.2, 0.25) is 5.91 Å². The molecule has 0 spiro atoms. The SMILES string of the molecule is NCC1CCN(C(=O)Cc2ccc([N+](=O)[O-])cc2Br)C1. The van der Waals surface area contributed by atoms with E-state index in [4.69, 9.17) is 5.73 Å². The smallest absolute Gasteiger partial charge is 0.270 e. The fourth-order valence-corrected chi connectivity index (χ4v) is 2.83. The van der Waals surface area contributed by atoms with Gasteiger partial charge in [-0.15, -0.1) is 0 Å². The third kappa shape index (κ3) is 3.34. The van der Waals surface area contributed by atoms with Gasteiger partial charge in [-0.05, 0) is 24.4 Å². The molecule has 2 rings (SSSR count). The number of carbonyl (C=O) groups is 1. The van der Waals surface area contributed by atoms with Crippen LogP contribution in [0, 0.1) is 16.0 Å². The van der Waals surface area contributed by atoms with Crippen LogP contribution in [0.2, 0.25) is 0 Å². The molecule has 1 heterocycles. The second-order valence-electron chi connectivity index (χ2n) is 4.94. The molecule has 108 valence electrons. The Bertz CT molecular complexity index is 536. The van der Waals surface area contributed by atoms with Crippen molar-refractivity contribution < 1.29 is 9.72 Å². The molecular weight excluding hydrogens is 326 g/mol. The molecule has 1 aliphatic heterocycles. The number of nitro benzene ring substituents is 1. The van der Waals surface area contributed by atoms with Gasteiger partial charge < -0.3 is 10.6 Å². The summed E-state index contributed by atoms with van der Waals surface area (Å²) in [6.07, 6.45) is 1.19. The standard InChI is InChI=1S/C13H16BrN3O3/c14-12-6-11(17(19)20)2-1-10(12)5-13(18)16-4-3-9(7-15)8-16/h1-2,6,9H,3-5,7-8,15H2. The Morgan fingerprint density at radius 2 is 2.30 bits per heavy atom. The lowest BCUT2D eigenvalue weighted by Gasteiger charge is -2.16. The van der Waals surface area contributed by atoms with E-state index in [1.165, 1.54) is 12.1 Å². The van der Waals surface area contributed by atoms with Crippen molar-refractivity contribution in [2.24, 2.45) is 11.7 Å². The molecule has 7 heteroatoms. The number of likely N-dealkylation sites (tertiary alicyclic amines) is 1. The van der Waals surface area contributed by atoms with Crippen LogP contribution < -0.4 is 5.73 Å². The number of carbonyl (C=O) groups excluding carboxylic acids is 1. The largest absolute Gasteiger partial charge is 0.342 e. The minimum Gasteiger partial charge on any atom is -0.342 e. The highest BCUT2D eigenvalue weighted by atomic mass is 79.9. The number of hydrogen-bond donors (Lipinski definition) is 1. The molecule has 0 aliphatic carbocycles. The number of nitrogens with two attached hydrogens (primary N) is 1. The lowest BCUT2D eigenvalue weighted by Crippen LogP contribution is -2.31. The van der Waals surface area contributed by atoms with Gasteiger partial charge in [-0.2, -0.15) is 0 Å². The predicted molar refractivity (Wildman–Crippen MR) is 78.2 cm³/mol. The van der Waals surface area contributed by atoms with Crippen molar-refractivity contribution in [1.29, 1.82) is 0 Å². The second kappa shape index (κ2) is 6.32. The van der Waals surface area contributed by atoms with E-state index in [0.29, 0.717) is 23.5 Å². The molecule has 1 saturated heterocycles. The van der Waals surface area contributed by atoms with Gasteiger partial charge in [-0.1, -0.05) is 22.0 Å². The van der Waals surface area contributed by atoms with E-state index in [1.807, 2.05) is 4.90 Å². The zero-order valence-electron chi connectivity index (χ0n) is 10.9. The molecule has 1 amide bonds. The summed E-state index contributed by atoms with van der Waals surface area (Å²) in [6, 6.07) is 4.46. The van der Waals surface area contributed by atoms with E-state index in [0.717, 1.165) is 18.5 Å². The van der Waals surface area contributed by atoms with E-state index in [9.17, 15) is 14.9 Å². The number of hydrogen-bond acceptors (Lipinski definition) is 4. The summed E-state index contributed by atoms with van der Waals surface area (Å²) in [5.41, 5.74) is 6.38. The summed E-state index contributed by atoms with van der Waals surface area (Å²) >= 11 is 3.28. The zero-order valence-corrected chi connectivity index (χ0v) is 12.5. The number of nitrogens with zero attached hydrogens (tertiary/aromatic N) is 2. The van der Waals surface area contributed by atoms with E-state index >= 15 is 0 Å². The number of benzene rings is 1. The molecule has 1 aromatic rings. The summed E-state index contributed by atoms with van der Waals surface area (Å²) in [5, 5.41) is 10.7. The highest BCUT2D eigenvalue weighted by molar-refractivity contribution is 9.10. The Hall–Kier alpha value is -1.47. The number of halogens is 1. The van der Waals surface area contributed by atoms with Gasteiger partial charge >= 0.3 is 0 Å². The molecule has 1 aliphatic rings. The summed E-state index contributed by atoms with van der Waals surface area (Å²) in [7, 11) is 0. The molecule has 6 nitrogen and oxygen atoms in total. The summed E-state index contributed by atoms with van der Waals surface area (Å²) < 4.78 is 0.592. The van der Waals surface area contributed by atoms with Gasteiger partial charge in [0, 0.05) is 29.7 Å². The highest BCUT2D eigenvalue weighted by Gasteiger charge is 2.25. The molecule has 1 atom stereocenters. The second-order valence-corrected chi connectivity index (χ2v) is 5.79. The van der Waals surface area contributed by atoms with Gasteiger partial charge in [0.1, 0.15) is 0 Å².